The van der Waals surface area contributed by atoms with E-state index in [4.69, 9.17) is 5.14 Å². The highest BCUT2D eigenvalue weighted by Gasteiger charge is 2.26. The van der Waals surface area contributed by atoms with Crippen LogP contribution in [0.25, 0.3) is 0 Å². The zero-order valence-corrected chi connectivity index (χ0v) is 13.0. The fourth-order valence-corrected chi connectivity index (χ4v) is 2.62. The Labute approximate surface area is 115 Å². The van der Waals surface area contributed by atoms with E-state index in [0.717, 1.165) is 12.0 Å². The lowest BCUT2D eigenvalue weighted by Gasteiger charge is -2.24. The molecule has 1 aromatic rings. The lowest BCUT2D eigenvalue weighted by Crippen LogP contribution is -2.18. The predicted octanol–water partition coefficient (Wildman–Crippen LogP) is 2.85. The Morgan fingerprint density at radius 3 is 2.21 bits per heavy atom. The van der Waals surface area contributed by atoms with Crippen LogP contribution in [0, 0.1) is 0 Å². The van der Waals surface area contributed by atoms with Gasteiger partial charge >= 0.3 is 0 Å². The van der Waals surface area contributed by atoms with Crippen LogP contribution in [0.2, 0.25) is 0 Å². The van der Waals surface area contributed by atoms with E-state index >= 15 is 0 Å². The van der Waals surface area contributed by atoms with Gasteiger partial charge in [-0.1, -0.05) is 40.7 Å². The molecule has 0 aliphatic heterocycles. The van der Waals surface area contributed by atoms with Crippen LogP contribution >= 0.6 is 0 Å². The van der Waals surface area contributed by atoms with Gasteiger partial charge in [0.1, 0.15) is 10.6 Å². The molecule has 108 valence electrons. The maximum Gasteiger partial charge on any atom is 0.241 e. The highest BCUT2D eigenvalue weighted by atomic mass is 32.2. The van der Waals surface area contributed by atoms with Gasteiger partial charge < -0.3 is 5.11 Å². The molecule has 0 aliphatic carbocycles. The smallest absolute Gasteiger partial charge is 0.241 e. The molecule has 1 unspecified atom stereocenters. The number of rotatable bonds is 3. The van der Waals surface area contributed by atoms with Crippen LogP contribution in [0.3, 0.4) is 0 Å². The third kappa shape index (κ3) is 3.48. The standard InChI is InChI=1S/C14H23NO3S/c1-6-9(2)10-7-11(14(3,4)5)13(16)12(8-10)19(15,17)18/h7-9,16H,6H2,1-5H3,(H2,15,17,18). The molecule has 1 aromatic carbocycles. The second-order valence-electron chi connectivity index (χ2n) is 6.02. The second-order valence-corrected chi connectivity index (χ2v) is 7.55. The summed E-state index contributed by atoms with van der Waals surface area (Å²) in [7, 11) is -3.93. The Morgan fingerprint density at radius 1 is 1.32 bits per heavy atom. The highest BCUT2D eigenvalue weighted by Crippen LogP contribution is 2.38. The molecule has 0 saturated heterocycles. The van der Waals surface area contributed by atoms with Crippen LogP contribution in [-0.2, 0) is 15.4 Å². The van der Waals surface area contributed by atoms with Crippen molar-refractivity contribution in [3.63, 3.8) is 0 Å². The van der Waals surface area contributed by atoms with Crippen LogP contribution in [0.4, 0.5) is 0 Å². The summed E-state index contributed by atoms with van der Waals surface area (Å²) in [6, 6.07) is 3.35. The Kier molecular flexibility index (Phi) is 4.32. The fraction of sp³-hybridized carbons (Fsp3) is 0.571. The number of aromatic hydroxyl groups is 1. The molecule has 0 heterocycles. The monoisotopic (exact) mass is 285 g/mol. The molecule has 0 aromatic heterocycles. The van der Waals surface area contributed by atoms with Crippen molar-refractivity contribution in [3.8, 4) is 5.75 Å². The third-order valence-electron chi connectivity index (χ3n) is 3.39. The molecule has 0 fully saturated rings. The number of primary sulfonamides is 1. The van der Waals surface area contributed by atoms with Crippen LogP contribution in [-0.4, -0.2) is 13.5 Å². The van der Waals surface area contributed by atoms with Gasteiger partial charge in [-0.3, -0.25) is 0 Å². The van der Waals surface area contributed by atoms with Crippen molar-refractivity contribution in [2.45, 2.75) is 57.3 Å². The summed E-state index contributed by atoms with van der Waals surface area (Å²) in [6.07, 6.45) is 0.887. The minimum atomic E-state index is -3.93. The zero-order chi connectivity index (χ0) is 15.0. The molecule has 0 saturated carbocycles. The van der Waals surface area contributed by atoms with Crippen molar-refractivity contribution < 1.29 is 13.5 Å². The molecule has 1 atom stereocenters. The fourth-order valence-electron chi connectivity index (χ4n) is 1.94. The van der Waals surface area contributed by atoms with E-state index in [9.17, 15) is 13.5 Å². The normalized spacial score (nSPS) is 14.4. The molecule has 0 amide bonds. The Balaban J connectivity index is 3.67. The van der Waals surface area contributed by atoms with E-state index in [0.29, 0.717) is 5.56 Å². The summed E-state index contributed by atoms with van der Waals surface area (Å²) in [5.74, 6) is -0.0238. The summed E-state index contributed by atoms with van der Waals surface area (Å²) in [6.45, 7) is 9.83. The first-order valence-electron chi connectivity index (χ1n) is 6.38. The van der Waals surface area contributed by atoms with Crippen LogP contribution in [0.15, 0.2) is 17.0 Å². The number of hydrogen-bond donors (Lipinski definition) is 2. The average molecular weight is 285 g/mol. The van der Waals surface area contributed by atoms with Crippen molar-refractivity contribution in [1.82, 2.24) is 0 Å². The number of benzene rings is 1. The molecule has 0 aliphatic rings. The number of hydrogen-bond acceptors (Lipinski definition) is 3. The number of sulfonamides is 1. The minimum Gasteiger partial charge on any atom is -0.506 e. The molecular formula is C14H23NO3S. The van der Waals surface area contributed by atoms with Gasteiger partial charge in [0.15, 0.2) is 0 Å². The quantitative estimate of drug-likeness (QED) is 0.896. The van der Waals surface area contributed by atoms with Crippen molar-refractivity contribution >= 4 is 10.0 Å². The molecule has 1 rings (SSSR count). The summed E-state index contributed by atoms with van der Waals surface area (Å²) in [4.78, 5) is -0.185. The van der Waals surface area contributed by atoms with Gasteiger partial charge in [0.2, 0.25) is 10.0 Å². The van der Waals surface area contributed by atoms with E-state index in [1.807, 2.05) is 40.7 Å². The maximum atomic E-state index is 11.6. The zero-order valence-electron chi connectivity index (χ0n) is 12.2. The molecule has 19 heavy (non-hydrogen) atoms. The van der Waals surface area contributed by atoms with E-state index in [-0.39, 0.29) is 22.0 Å². The Morgan fingerprint density at radius 2 is 1.84 bits per heavy atom. The van der Waals surface area contributed by atoms with E-state index in [2.05, 4.69) is 0 Å². The van der Waals surface area contributed by atoms with E-state index < -0.39 is 10.0 Å². The molecule has 0 spiro atoms. The van der Waals surface area contributed by atoms with Gasteiger partial charge in [0, 0.05) is 5.56 Å². The average Bonchev–Trinajstić information content (AvgIpc) is 2.25. The summed E-state index contributed by atoms with van der Waals surface area (Å²) < 4.78 is 23.2. The second kappa shape index (κ2) is 5.13. The van der Waals surface area contributed by atoms with Gasteiger partial charge in [-0.25, -0.2) is 13.6 Å². The van der Waals surface area contributed by atoms with Gasteiger partial charge in [0.25, 0.3) is 0 Å². The Bertz CT molecular complexity index is 571. The maximum absolute atomic E-state index is 11.6. The summed E-state index contributed by atoms with van der Waals surface area (Å²) in [5.41, 5.74) is 1.14. The molecule has 3 N–H and O–H groups in total. The van der Waals surface area contributed by atoms with Gasteiger partial charge in [0.05, 0.1) is 0 Å². The van der Waals surface area contributed by atoms with Crippen LogP contribution < -0.4 is 5.14 Å². The van der Waals surface area contributed by atoms with Crippen LogP contribution in [0.1, 0.15) is 58.1 Å². The predicted molar refractivity (Wildman–Crippen MR) is 76.9 cm³/mol. The van der Waals surface area contributed by atoms with Gasteiger partial charge in [-0.2, -0.15) is 0 Å². The van der Waals surface area contributed by atoms with Crippen molar-refractivity contribution in [2.24, 2.45) is 5.14 Å². The number of phenolic OH excluding ortho intramolecular Hbond substituents is 1. The van der Waals surface area contributed by atoms with Crippen molar-refractivity contribution in [1.29, 1.82) is 0 Å². The van der Waals surface area contributed by atoms with Crippen molar-refractivity contribution in [3.05, 3.63) is 23.3 Å². The van der Waals surface area contributed by atoms with E-state index in [1.54, 1.807) is 0 Å². The van der Waals surface area contributed by atoms with E-state index in [1.165, 1.54) is 6.07 Å². The molecule has 5 heteroatoms. The molecule has 4 nitrogen and oxygen atoms in total. The summed E-state index contributed by atoms with van der Waals surface area (Å²) >= 11 is 0. The molecule has 0 bridgehead atoms. The molecule has 0 radical (unpaired) electrons. The first-order valence-corrected chi connectivity index (χ1v) is 7.93. The lowest BCUT2D eigenvalue weighted by molar-refractivity contribution is 0.431. The van der Waals surface area contributed by atoms with Crippen LogP contribution in [0.5, 0.6) is 5.75 Å². The number of phenols is 1. The SMILES string of the molecule is CCC(C)c1cc(C(C)(C)C)c(O)c(S(N)(=O)=O)c1. The number of nitrogens with two attached hydrogens (primary N) is 1. The topological polar surface area (TPSA) is 80.4 Å². The first kappa shape index (κ1) is 16.0. The third-order valence-corrected chi connectivity index (χ3v) is 4.32. The molecular weight excluding hydrogens is 262 g/mol. The lowest BCUT2D eigenvalue weighted by atomic mass is 9.83. The van der Waals surface area contributed by atoms with Gasteiger partial charge in [-0.05, 0) is 29.4 Å². The van der Waals surface area contributed by atoms with Crippen molar-refractivity contribution in [2.75, 3.05) is 0 Å². The summed E-state index contributed by atoms with van der Waals surface area (Å²) in [5, 5.41) is 15.4. The first-order chi connectivity index (χ1) is 8.48. The highest BCUT2D eigenvalue weighted by molar-refractivity contribution is 7.89. The van der Waals surface area contributed by atoms with Gasteiger partial charge in [-0.15, -0.1) is 0 Å². The minimum absolute atomic E-state index is 0.185. The Hall–Kier alpha value is -1.07. The largest absolute Gasteiger partial charge is 0.506 e.